The molecule has 2 atom stereocenters. The highest BCUT2D eigenvalue weighted by atomic mass is 16.7. The largest absolute Gasteiger partial charge is 0.379 e. The number of hydrogen-bond donors (Lipinski definition) is 4. The van der Waals surface area contributed by atoms with Gasteiger partial charge in [-0.1, -0.05) is 61.9 Å². The fourth-order valence-corrected chi connectivity index (χ4v) is 3.27. The Hall–Kier alpha value is -3.88. The molecule has 0 aliphatic rings. The molecule has 0 heterocycles. The molecule has 36 heavy (non-hydrogen) atoms. The van der Waals surface area contributed by atoms with Crippen LogP contribution in [0.25, 0.3) is 0 Å². The maximum atomic E-state index is 12.9. The van der Waals surface area contributed by atoms with E-state index in [-0.39, 0.29) is 31.1 Å². The highest BCUT2D eigenvalue weighted by molar-refractivity contribution is 5.92. The smallest absolute Gasteiger partial charge is 0.274 e. The zero-order valence-corrected chi connectivity index (χ0v) is 20.9. The summed E-state index contributed by atoms with van der Waals surface area (Å²) in [5.74, 6) is -1.16. The van der Waals surface area contributed by atoms with Crippen LogP contribution < -0.4 is 26.3 Å². The zero-order chi connectivity index (χ0) is 26.2. The average molecular weight is 497 g/mol. The number of para-hydroxylation sites is 1. The molecule has 0 aliphatic carbocycles. The fraction of sp³-hybridized carbons (Fsp3) is 0.407. The Balaban J connectivity index is 1.91. The maximum Gasteiger partial charge on any atom is 0.274 e. The van der Waals surface area contributed by atoms with Crippen molar-refractivity contribution in [1.82, 2.24) is 21.4 Å². The number of hydrogen-bond acceptors (Lipinski definition) is 5. The van der Waals surface area contributed by atoms with Gasteiger partial charge < -0.3 is 20.8 Å². The second-order valence-corrected chi connectivity index (χ2v) is 8.46. The van der Waals surface area contributed by atoms with E-state index < -0.39 is 23.9 Å². The van der Waals surface area contributed by atoms with Crippen LogP contribution in [0.5, 0.6) is 5.75 Å². The third kappa shape index (κ3) is 11.0. The second-order valence-electron chi connectivity index (χ2n) is 8.46. The molecule has 4 amide bonds. The van der Waals surface area contributed by atoms with Crippen LogP contribution in [0.4, 0.5) is 0 Å². The van der Waals surface area contributed by atoms with Gasteiger partial charge in [0, 0.05) is 19.4 Å². The summed E-state index contributed by atoms with van der Waals surface area (Å²) in [6.07, 6.45) is 2.71. The van der Waals surface area contributed by atoms with Gasteiger partial charge in [-0.25, -0.2) is 0 Å². The summed E-state index contributed by atoms with van der Waals surface area (Å²) >= 11 is 0. The van der Waals surface area contributed by atoms with E-state index in [0.29, 0.717) is 18.7 Å². The van der Waals surface area contributed by atoms with Crippen molar-refractivity contribution in [1.29, 1.82) is 0 Å². The second kappa shape index (κ2) is 15.9. The Morgan fingerprint density at radius 1 is 0.833 bits per heavy atom. The average Bonchev–Trinajstić information content (AvgIpc) is 2.89. The van der Waals surface area contributed by atoms with Crippen molar-refractivity contribution in [2.75, 3.05) is 6.54 Å². The first kappa shape index (κ1) is 28.4. The van der Waals surface area contributed by atoms with Crippen LogP contribution in [0.3, 0.4) is 0 Å². The van der Waals surface area contributed by atoms with E-state index in [9.17, 15) is 19.2 Å². The summed E-state index contributed by atoms with van der Waals surface area (Å²) in [5, 5.41) is 8.12. The Morgan fingerprint density at radius 2 is 1.50 bits per heavy atom. The van der Waals surface area contributed by atoms with E-state index in [1.54, 1.807) is 24.3 Å². The summed E-state index contributed by atoms with van der Waals surface area (Å²) in [4.78, 5) is 55.3. The van der Waals surface area contributed by atoms with E-state index in [1.165, 1.54) is 6.92 Å². The topological polar surface area (TPSA) is 126 Å². The van der Waals surface area contributed by atoms with E-state index >= 15 is 0 Å². The molecular formula is C27H36N4O5. The van der Waals surface area contributed by atoms with Crippen LogP contribution in [-0.2, 0) is 25.6 Å². The molecule has 0 aliphatic heterocycles. The van der Waals surface area contributed by atoms with Crippen LogP contribution in [0, 0.1) is 0 Å². The molecule has 0 unspecified atom stereocenters. The number of aryl methyl sites for hydroxylation is 1. The van der Waals surface area contributed by atoms with Gasteiger partial charge in [0.25, 0.3) is 5.91 Å². The van der Waals surface area contributed by atoms with E-state index in [0.717, 1.165) is 18.4 Å². The molecule has 2 aromatic rings. The summed E-state index contributed by atoms with van der Waals surface area (Å²) in [7, 11) is 0. The van der Waals surface area contributed by atoms with Crippen molar-refractivity contribution in [3.8, 4) is 5.75 Å². The number of hydroxylamine groups is 1. The van der Waals surface area contributed by atoms with Gasteiger partial charge in [-0.2, -0.15) is 5.48 Å². The van der Waals surface area contributed by atoms with Crippen LogP contribution in [0.1, 0.15) is 51.5 Å². The molecule has 2 aromatic carbocycles. The molecule has 2 rings (SSSR count). The quantitative estimate of drug-likeness (QED) is 0.223. The predicted molar refractivity (Wildman–Crippen MR) is 137 cm³/mol. The van der Waals surface area contributed by atoms with Crippen LogP contribution in [0.2, 0.25) is 0 Å². The third-order valence-corrected chi connectivity index (χ3v) is 5.41. The number of carbonyl (C=O) groups is 4. The molecular weight excluding hydrogens is 460 g/mol. The van der Waals surface area contributed by atoms with Crippen molar-refractivity contribution >= 4 is 23.6 Å². The minimum atomic E-state index is -0.963. The Bertz CT molecular complexity index is 969. The standard InChI is InChI=1S/C27H36N4O5/c1-3-4-19-28-24(32)18-16-23(30-25(33)17-15-21-11-7-5-8-12-21)27(35)29-20(2)26(34)31-36-22-13-9-6-10-14-22/h5-14,20,23H,3-4,15-19H2,1-2H3,(H,28,32)(H,29,35)(H,30,33)(H,31,34)/t20-,23-/m0/s1. The van der Waals surface area contributed by atoms with Gasteiger partial charge >= 0.3 is 0 Å². The Labute approximate surface area is 212 Å². The van der Waals surface area contributed by atoms with E-state index in [4.69, 9.17) is 4.84 Å². The summed E-state index contributed by atoms with van der Waals surface area (Å²) < 4.78 is 0. The summed E-state index contributed by atoms with van der Waals surface area (Å²) in [6.45, 7) is 4.10. The lowest BCUT2D eigenvalue weighted by molar-refractivity contribution is -0.135. The van der Waals surface area contributed by atoms with Gasteiger partial charge in [0.2, 0.25) is 17.7 Å². The van der Waals surface area contributed by atoms with Crippen molar-refractivity contribution in [3.63, 3.8) is 0 Å². The predicted octanol–water partition coefficient (Wildman–Crippen LogP) is 2.42. The number of rotatable bonds is 15. The van der Waals surface area contributed by atoms with E-state index in [2.05, 4.69) is 21.4 Å². The molecule has 0 aromatic heterocycles. The Morgan fingerprint density at radius 3 is 2.17 bits per heavy atom. The monoisotopic (exact) mass is 496 g/mol. The summed E-state index contributed by atoms with van der Waals surface area (Å²) in [6, 6.07) is 16.3. The minimum Gasteiger partial charge on any atom is -0.379 e. The maximum absolute atomic E-state index is 12.9. The zero-order valence-electron chi connectivity index (χ0n) is 20.9. The molecule has 9 heteroatoms. The van der Waals surface area contributed by atoms with E-state index in [1.807, 2.05) is 43.3 Å². The first-order valence-electron chi connectivity index (χ1n) is 12.3. The fourth-order valence-electron chi connectivity index (χ4n) is 3.27. The van der Waals surface area contributed by atoms with Gasteiger partial charge in [0.05, 0.1) is 0 Å². The van der Waals surface area contributed by atoms with Gasteiger partial charge in [-0.15, -0.1) is 0 Å². The number of unbranched alkanes of at least 4 members (excludes halogenated alkanes) is 1. The number of nitrogens with one attached hydrogen (secondary N) is 4. The van der Waals surface area contributed by atoms with Crippen molar-refractivity contribution in [2.45, 2.75) is 64.5 Å². The normalized spacial score (nSPS) is 12.1. The highest BCUT2D eigenvalue weighted by Crippen LogP contribution is 2.07. The van der Waals surface area contributed by atoms with Gasteiger partial charge in [0.1, 0.15) is 12.1 Å². The lowest BCUT2D eigenvalue weighted by Gasteiger charge is -2.21. The SMILES string of the molecule is CCCCNC(=O)CC[C@H](NC(=O)CCc1ccccc1)C(=O)N[C@@H](C)C(=O)NOc1ccccc1. The van der Waals surface area contributed by atoms with Gasteiger partial charge in [-0.05, 0) is 43.9 Å². The number of amides is 4. The molecule has 4 N–H and O–H groups in total. The van der Waals surface area contributed by atoms with Gasteiger partial charge in [0.15, 0.2) is 5.75 Å². The third-order valence-electron chi connectivity index (χ3n) is 5.41. The van der Waals surface area contributed by atoms with Crippen molar-refractivity contribution in [2.24, 2.45) is 0 Å². The molecule has 0 bridgehead atoms. The number of benzene rings is 2. The summed E-state index contributed by atoms with van der Waals surface area (Å²) in [5.41, 5.74) is 3.30. The van der Waals surface area contributed by atoms with Crippen LogP contribution >= 0.6 is 0 Å². The Kier molecular flexibility index (Phi) is 12.5. The first-order chi connectivity index (χ1) is 17.4. The van der Waals surface area contributed by atoms with Crippen molar-refractivity contribution in [3.05, 3.63) is 66.2 Å². The molecule has 0 saturated carbocycles. The molecule has 0 saturated heterocycles. The molecule has 0 spiro atoms. The minimum absolute atomic E-state index is 0.0679. The molecule has 9 nitrogen and oxygen atoms in total. The molecule has 0 fully saturated rings. The van der Waals surface area contributed by atoms with Crippen LogP contribution in [0.15, 0.2) is 60.7 Å². The van der Waals surface area contributed by atoms with Crippen LogP contribution in [-0.4, -0.2) is 42.3 Å². The molecule has 0 radical (unpaired) electrons. The molecule has 194 valence electrons. The van der Waals surface area contributed by atoms with Crippen molar-refractivity contribution < 1.29 is 24.0 Å². The lowest BCUT2D eigenvalue weighted by atomic mass is 10.1. The van der Waals surface area contributed by atoms with Gasteiger partial charge in [-0.3, -0.25) is 19.2 Å². The lowest BCUT2D eigenvalue weighted by Crippen LogP contribution is -2.53. The highest BCUT2D eigenvalue weighted by Gasteiger charge is 2.25. The first-order valence-corrected chi connectivity index (χ1v) is 12.3. The number of carbonyl (C=O) groups excluding carboxylic acids is 4.